The van der Waals surface area contributed by atoms with Crippen LogP contribution in [0.5, 0.6) is 0 Å². The summed E-state index contributed by atoms with van der Waals surface area (Å²) in [6.07, 6.45) is 0.901. The Kier molecular flexibility index (Phi) is 2.74. The van der Waals surface area contributed by atoms with Gasteiger partial charge in [0.2, 0.25) is 0 Å². The van der Waals surface area contributed by atoms with Crippen molar-refractivity contribution in [2.24, 2.45) is 0 Å². The fourth-order valence-corrected chi connectivity index (χ4v) is 2.58. The number of carboxylic acid groups (broad SMARTS) is 1. The van der Waals surface area contributed by atoms with E-state index in [4.69, 9.17) is 5.11 Å². The van der Waals surface area contributed by atoms with Gasteiger partial charge in [0.25, 0.3) is 0 Å². The first-order valence-corrected chi connectivity index (χ1v) is 6.29. The van der Waals surface area contributed by atoms with E-state index >= 15 is 0 Å². The van der Waals surface area contributed by atoms with E-state index in [2.05, 4.69) is 29.5 Å². The zero-order chi connectivity index (χ0) is 13.4. The fraction of sp³-hybridized carbons (Fsp3) is 0.286. The highest BCUT2D eigenvalue weighted by Crippen LogP contribution is 2.31. The molecule has 3 rings (SSSR count). The van der Waals surface area contributed by atoms with Gasteiger partial charge in [-0.15, -0.1) is 0 Å². The van der Waals surface area contributed by atoms with Gasteiger partial charge in [-0.2, -0.15) is 5.10 Å². The van der Waals surface area contributed by atoms with Crippen molar-refractivity contribution < 1.29 is 9.90 Å². The maximum Gasteiger partial charge on any atom is 0.356 e. The summed E-state index contributed by atoms with van der Waals surface area (Å²) < 4.78 is 1.79. The third-order valence-corrected chi connectivity index (χ3v) is 3.52. The zero-order valence-corrected chi connectivity index (χ0v) is 10.6. The summed E-state index contributed by atoms with van der Waals surface area (Å²) in [5.41, 5.74) is 2.49. The Morgan fingerprint density at radius 3 is 3.00 bits per heavy atom. The number of aromatic carboxylic acids is 1. The molecule has 19 heavy (non-hydrogen) atoms. The molecule has 2 heterocycles. The van der Waals surface area contributed by atoms with Crippen molar-refractivity contribution in [3.05, 3.63) is 47.2 Å². The molecule has 2 aromatic rings. The Morgan fingerprint density at radius 1 is 1.47 bits per heavy atom. The summed E-state index contributed by atoms with van der Waals surface area (Å²) in [5.74, 6) is -0.218. The highest BCUT2D eigenvalue weighted by atomic mass is 16.4. The van der Waals surface area contributed by atoms with E-state index in [1.807, 2.05) is 12.1 Å². The second-order valence-corrected chi connectivity index (χ2v) is 4.75. The molecular formula is C14H15N3O2. The third-order valence-electron chi connectivity index (χ3n) is 3.52. The number of benzene rings is 1. The molecule has 0 bridgehead atoms. The predicted octanol–water partition coefficient (Wildman–Crippen LogP) is 2.29. The molecule has 0 aliphatic carbocycles. The first-order valence-electron chi connectivity index (χ1n) is 6.29. The number of nitrogens with one attached hydrogen (secondary N) is 1. The largest absolute Gasteiger partial charge is 0.476 e. The summed E-state index contributed by atoms with van der Waals surface area (Å²) in [6, 6.07) is 9.85. The van der Waals surface area contributed by atoms with Gasteiger partial charge in [-0.1, -0.05) is 24.3 Å². The van der Waals surface area contributed by atoms with Gasteiger partial charge in [0, 0.05) is 12.6 Å². The van der Waals surface area contributed by atoms with Gasteiger partial charge in [0.15, 0.2) is 5.69 Å². The molecule has 98 valence electrons. The maximum absolute atomic E-state index is 11.0. The number of hydrogen-bond donors (Lipinski definition) is 2. The van der Waals surface area contributed by atoms with Crippen molar-refractivity contribution in [3.8, 4) is 0 Å². The summed E-state index contributed by atoms with van der Waals surface area (Å²) >= 11 is 0. The smallest absolute Gasteiger partial charge is 0.356 e. The van der Waals surface area contributed by atoms with Gasteiger partial charge >= 0.3 is 5.97 Å². The highest BCUT2D eigenvalue weighted by Gasteiger charge is 2.25. The van der Waals surface area contributed by atoms with E-state index in [-0.39, 0.29) is 11.7 Å². The molecule has 1 aliphatic rings. The first-order chi connectivity index (χ1) is 9.16. The van der Waals surface area contributed by atoms with Crippen molar-refractivity contribution in [3.63, 3.8) is 0 Å². The quantitative estimate of drug-likeness (QED) is 0.866. The van der Waals surface area contributed by atoms with Crippen LogP contribution in [0.3, 0.4) is 0 Å². The summed E-state index contributed by atoms with van der Waals surface area (Å²) in [4.78, 5) is 11.0. The summed E-state index contributed by atoms with van der Waals surface area (Å²) in [5, 5.41) is 16.4. The van der Waals surface area contributed by atoms with Gasteiger partial charge in [-0.05, 0) is 24.5 Å². The van der Waals surface area contributed by atoms with Crippen LogP contribution in [-0.4, -0.2) is 27.4 Å². The van der Waals surface area contributed by atoms with Crippen molar-refractivity contribution in [1.82, 2.24) is 9.78 Å². The molecule has 1 unspecified atom stereocenters. The lowest BCUT2D eigenvalue weighted by molar-refractivity contribution is 0.0689. The Bertz CT molecular complexity index is 633. The van der Waals surface area contributed by atoms with Gasteiger partial charge in [0.1, 0.15) is 5.82 Å². The van der Waals surface area contributed by atoms with Crippen molar-refractivity contribution in [1.29, 1.82) is 0 Å². The fourth-order valence-electron chi connectivity index (χ4n) is 2.58. The van der Waals surface area contributed by atoms with Crippen molar-refractivity contribution in [2.45, 2.75) is 19.4 Å². The van der Waals surface area contributed by atoms with E-state index in [0.29, 0.717) is 0 Å². The number of nitrogens with zero attached hydrogens (tertiary/aromatic N) is 2. The molecule has 1 aromatic carbocycles. The average Bonchev–Trinajstić information content (AvgIpc) is 2.83. The van der Waals surface area contributed by atoms with Crippen LogP contribution in [0.2, 0.25) is 0 Å². The third kappa shape index (κ3) is 1.97. The molecule has 0 amide bonds. The molecule has 0 radical (unpaired) electrons. The SMILES string of the molecule is Cc1ccccc1C1CCNc2cc(C(=O)O)nn21. The second kappa shape index (κ2) is 4.42. The number of carbonyl (C=O) groups is 1. The number of carboxylic acids is 1. The lowest BCUT2D eigenvalue weighted by atomic mass is 9.98. The van der Waals surface area contributed by atoms with Crippen LogP contribution in [0.15, 0.2) is 30.3 Å². The van der Waals surface area contributed by atoms with Crippen LogP contribution in [-0.2, 0) is 0 Å². The number of aromatic nitrogens is 2. The van der Waals surface area contributed by atoms with Crippen LogP contribution < -0.4 is 5.32 Å². The number of aryl methyl sites for hydroxylation is 1. The molecule has 5 heteroatoms. The van der Waals surface area contributed by atoms with Gasteiger partial charge in [-0.25, -0.2) is 9.48 Å². The molecule has 1 atom stereocenters. The van der Waals surface area contributed by atoms with Gasteiger partial charge < -0.3 is 10.4 Å². The van der Waals surface area contributed by atoms with Crippen LogP contribution in [0.25, 0.3) is 0 Å². The molecule has 1 aromatic heterocycles. The minimum atomic E-state index is -0.993. The molecule has 5 nitrogen and oxygen atoms in total. The van der Waals surface area contributed by atoms with Crippen molar-refractivity contribution >= 4 is 11.8 Å². The first kappa shape index (κ1) is 11.8. The zero-order valence-electron chi connectivity index (χ0n) is 10.6. The molecule has 0 saturated heterocycles. The normalized spacial score (nSPS) is 17.6. The van der Waals surface area contributed by atoms with Crippen LogP contribution in [0, 0.1) is 6.92 Å². The number of anilines is 1. The minimum Gasteiger partial charge on any atom is -0.476 e. The Balaban J connectivity index is 2.07. The number of hydrogen-bond acceptors (Lipinski definition) is 3. The average molecular weight is 257 g/mol. The number of rotatable bonds is 2. The Morgan fingerprint density at radius 2 is 2.26 bits per heavy atom. The Hall–Kier alpha value is -2.30. The van der Waals surface area contributed by atoms with E-state index in [9.17, 15) is 4.79 Å². The summed E-state index contributed by atoms with van der Waals surface area (Å²) in [7, 11) is 0. The van der Waals surface area contributed by atoms with Crippen LogP contribution in [0.4, 0.5) is 5.82 Å². The summed E-state index contributed by atoms with van der Waals surface area (Å²) in [6.45, 7) is 2.89. The van der Waals surface area contributed by atoms with E-state index in [1.165, 1.54) is 11.1 Å². The van der Waals surface area contributed by atoms with Gasteiger partial charge in [-0.3, -0.25) is 0 Å². The molecule has 0 fully saturated rings. The molecular weight excluding hydrogens is 242 g/mol. The second-order valence-electron chi connectivity index (χ2n) is 4.75. The molecule has 0 spiro atoms. The van der Waals surface area contributed by atoms with E-state index in [1.54, 1.807) is 10.7 Å². The Labute approximate surface area is 110 Å². The molecule has 0 saturated carbocycles. The monoisotopic (exact) mass is 257 g/mol. The van der Waals surface area contributed by atoms with Crippen molar-refractivity contribution in [2.75, 3.05) is 11.9 Å². The van der Waals surface area contributed by atoms with E-state index in [0.717, 1.165) is 18.8 Å². The maximum atomic E-state index is 11.0. The molecule has 1 aliphatic heterocycles. The lowest BCUT2D eigenvalue weighted by Crippen LogP contribution is -2.24. The predicted molar refractivity (Wildman–Crippen MR) is 71.6 cm³/mol. The standard InChI is InChI=1S/C14H15N3O2/c1-9-4-2-3-5-10(9)12-6-7-15-13-8-11(14(18)19)16-17(12)13/h2-5,8,12,15H,6-7H2,1H3,(H,18,19). The van der Waals surface area contributed by atoms with Crippen LogP contribution in [0.1, 0.15) is 34.1 Å². The minimum absolute atomic E-state index is 0.0861. The van der Waals surface area contributed by atoms with E-state index < -0.39 is 5.97 Å². The number of fused-ring (bicyclic) bond motifs is 1. The highest BCUT2D eigenvalue weighted by molar-refractivity contribution is 5.86. The van der Waals surface area contributed by atoms with Crippen LogP contribution >= 0.6 is 0 Å². The molecule has 2 N–H and O–H groups in total. The lowest BCUT2D eigenvalue weighted by Gasteiger charge is -2.27. The topological polar surface area (TPSA) is 67.2 Å². The van der Waals surface area contributed by atoms with Gasteiger partial charge in [0.05, 0.1) is 6.04 Å².